The molecule has 0 saturated carbocycles. The van der Waals surface area contributed by atoms with Gasteiger partial charge in [-0.15, -0.1) is 0 Å². The molecule has 1 aliphatic rings. The van der Waals surface area contributed by atoms with E-state index in [9.17, 15) is 5.11 Å². The van der Waals surface area contributed by atoms with E-state index in [4.69, 9.17) is 9.47 Å². The Morgan fingerprint density at radius 3 is 2.97 bits per heavy atom. The Kier molecular flexibility index (Phi) is 4.62. The monoisotopic (exact) mass is 387 g/mol. The molecule has 0 amide bonds. The number of pyridine rings is 1. The van der Waals surface area contributed by atoms with Crippen molar-refractivity contribution in [1.29, 1.82) is 0 Å². The summed E-state index contributed by atoms with van der Waals surface area (Å²) in [6.07, 6.45) is 3.49. The van der Waals surface area contributed by atoms with Crippen molar-refractivity contribution in [3.05, 3.63) is 84.1 Å². The smallest absolute Gasteiger partial charge is 0.130 e. The van der Waals surface area contributed by atoms with Crippen LogP contribution in [-0.2, 0) is 13.0 Å². The van der Waals surface area contributed by atoms with Gasteiger partial charge < -0.3 is 19.6 Å². The predicted octanol–water partition coefficient (Wildman–Crippen LogP) is 3.82. The van der Waals surface area contributed by atoms with Crippen molar-refractivity contribution in [3.63, 3.8) is 0 Å². The molecular weight excluding hydrogens is 366 g/mol. The molecule has 0 spiro atoms. The van der Waals surface area contributed by atoms with Crippen LogP contribution in [0.1, 0.15) is 23.2 Å². The minimum absolute atomic E-state index is 0.0638. The number of ether oxygens (including phenoxy) is 2. The van der Waals surface area contributed by atoms with E-state index in [-0.39, 0.29) is 5.92 Å². The first-order valence-electron chi connectivity index (χ1n) is 9.67. The fourth-order valence-electron chi connectivity index (χ4n) is 3.70. The summed E-state index contributed by atoms with van der Waals surface area (Å²) in [5.41, 5.74) is 2.55. The summed E-state index contributed by atoms with van der Waals surface area (Å²) in [6.45, 7) is 0.812. The quantitative estimate of drug-likeness (QED) is 0.544. The second-order valence-electron chi connectivity index (χ2n) is 7.24. The van der Waals surface area contributed by atoms with E-state index < -0.39 is 6.10 Å². The molecule has 0 saturated heterocycles. The van der Waals surface area contributed by atoms with Gasteiger partial charge in [-0.2, -0.15) is 0 Å². The molecule has 6 nitrogen and oxygen atoms in total. The topological polar surface area (TPSA) is 80.3 Å². The number of aromatic amines is 1. The molecule has 4 aromatic rings. The Hall–Kier alpha value is -3.38. The number of aromatic nitrogens is 3. The van der Waals surface area contributed by atoms with Crippen molar-refractivity contribution in [3.8, 4) is 11.5 Å². The van der Waals surface area contributed by atoms with E-state index in [1.165, 1.54) is 0 Å². The van der Waals surface area contributed by atoms with E-state index in [1.54, 1.807) is 12.4 Å². The van der Waals surface area contributed by atoms with Crippen LogP contribution in [-0.4, -0.2) is 26.7 Å². The number of imidazole rings is 1. The summed E-state index contributed by atoms with van der Waals surface area (Å²) in [6, 6.07) is 17.6. The molecule has 0 radical (unpaired) electrons. The zero-order chi connectivity index (χ0) is 19.6. The maximum atomic E-state index is 10.9. The lowest BCUT2D eigenvalue weighted by Crippen LogP contribution is -2.28. The van der Waals surface area contributed by atoms with Crippen molar-refractivity contribution < 1.29 is 14.6 Å². The molecule has 2 aromatic carbocycles. The van der Waals surface area contributed by atoms with E-state index in [0.717, 1.165) is 28.0 Å². The largest absolute Gasteiger partial charge is 0.493 e. The highest BCUT2D eigenvalue weighted by Gasteiger charge is 2.30. The van der Waals surface area contributed by atoms with Crippen LogP contribution in [0.5, 0.6) is 11.5 Å². The molecule has 3 heterocycles. The van der Waals surface area contributed by atoms with Gasteiger partial charge in [-0.05, 0) is 30.3 Å². The third-order valence-corrected chi connectivity index (χ3v) is 5.25. The van der Waals surface area contributed by atoms with Gasteiger partial charge in [0.25, 0.3) is 0 Å². The van der Waals surface area contributed by atoms with Gasteiger partial charge in [0, 0.05) is 35.7 Å². The van der Waals surface area contributed by atoms with Crippen molar-refractivity contribution in [2.75, 3.05) is 6.61 Å². The zero-order valence-electron chi connectivity index (χ0n) is 15.8. The fourth-order valence-corrected chi connectivity index (χ4v) is 3.70. The minimum Gasteiger partial charge on any atom is -0.493 e. The van der Waals surface area contributed by atoms with Crippen LogP contribution in [0.25, 0.3) is 10.9 Å². The van der Waals surface area contributed by atoms with E-state index in [2.05, 4.69) is 15.0 Å². The van der Waals surface area contributed by atoms with Crippen LogP contribution in [0.15, 0.2) is 67.0 Å². The summed E-state index contributed by atoms with van der Waals surface area (Å²) in [5, 5.41) is 12.0. The Morgan fingerprint density at radius 1 is 1.14 bits per heavy atom. The number of aliphatic hydroxyl groups excluding tert-OH is 1. The molecule has 2 unspecified atom stereocenters. The Morgan fingerprint density at radius 2 is 2.07 bits per heavy atom. The maximum Gasteiger partial charge on any atom is 0.130 e. The highest BCUT2D eigenvalue weighted by atomic mass is 16.5. The van der Waals surface area contributed by atoms with Gasteiger partial charge in [-0.3, -0.25) is 0 Å². The molecule has 0 bridgehead atoms. The minimum atomic E-state index is -0.633. The number of para-hydroxylation sites is 1. The van der Waals surface area contributed by atoms with E-state index in [0.29, 0.717) is 31.1 Å². The first-order valence-corrected chi connectivity index (χ1v) is 9.67. The summed E-state index contributed by atoms with van der Waals surface area (Å²) in [5.74, 6) is 2.16. The van der Waals surface area contributed by atoms with Crippen molar-refractivity contribution in [1.82, 2.24) is 15.0 Å². The Bertz CT molecular complexity index is 1130. The number of rotatable bonds is 5. The standard InChI is InChI=1S/C23H21N3O3/c27-23-16(11-22-24-9-10-25-22)13-29-21-8-7-18(12-19(21)23)28-14-17-6-5-15-3-1-2-4-20(15)26-17/h1-10,12,16,23,27H,11,13-14H2,(H,24,25). The van der Waals surface area contributed by atoms with Gasteiger partial charge in [0.1, 0.15) is 23.9 Å². The van der Waals surface area contributed by atoms with Crippen LogP contribution in [0.4, 0.5) is 0 Å². The van der Waals surface area contributed by atoms with E-state index >= 15 is 0 Å². The third-order valence-electron chi connectivity index (χ3n) is 5.25. The molecular formula is C23H21N3O3. The van der Waals surface area contributed by atoms with Gasteiger partial charge in [0.2, 0.25) is 0 Å². The van der Waals surface area contributed by atoms with Crippen molar-refractivity contribution >= 4 is 10.9 Å². The number of hydrogen-bond donors (Lipinski definition) is 2. The molecule has 1 aliphatic heterocycles. The van der Waals surface area contributed by atoms with Gasteiger partial charge >= 0.3 is 0 Å². The van der Waals surface area contributed by atoms with Crippen LogP contribution in [0, 0.1) is 5.92 Å². The molecule has 2 aromatic heterocycles. The molecule has 146 valence electrons. The van der Waals surface area contributed by atoms with Crippen LogP contribution in [0.2, 0.25) is 0 Å². The summed E-state index contributed by atoms with van der Waals surface area (Å²) in [4.78, 5) is 12.0. The van der Waals surface area contributed by atoms with E-state index in [1.807, 2.05) is 54.6 Å². The highest BCUT2D eigenvalue weighted by Crippen LogP contribution is 2.38. The van der Waals surface area contributed by atoms with Gasteiger partial charge in [0.15, 0.2) is 0 Å². The summed E-state index contributed by atoms with van der Waals surface area (Å²) in [7, 11) is 0. The van der Waals surface area contributed by atoms with Crippen LogP contribution < -0.4 is 9.47 Å². The normalized spacial score (nSPS) is 18.2. The lowest BCUT2D eigenvalue weighted by molar-refractivity contribution is 0.0495. The maximum absolute atomic E-state index is 10.9. The lowest BCUT2D eigenvalue weighted by atomic mass is 9.90. The number of nitrogens with one attached hydrogen (secondary N) is 1. The molecule has 0 aliphatic carbocycles. The SMILES string of the molecule is OC1c2cc(OCc3ccc4ccccc4n3)ccc2OCC1Cc1ncc[nH]1. The second kappa shape index (κ2) is 7.56. The van der Waals surface area contributed by atoms with Crippen LogP contribution >= 0.6 is 0 Å². The summed E-state index contributed by atoms with van der Waals surface area (Å²) < 4.78 is 11.8. The highest BCUT2D eigenvalue weighted by molar-refractivity contribution is 5.78. The van der Waals surface area contributed by atoms with Gasteiger partial charge in [0.05, 0.1) is 23.9 Å². The summed E-state index contributed by atoms with van der Waals surface area (Å²) >= 11 is 0. The number of hydrogen-bond acceptors (Lipinski definition) is 5. The van der Waals surface area contributed by atoms with Crippen molar-refractivity contribution in [2.45, 2.75) is 19.1 Å². The molecule has 5 rings (SSSR count). The lowest BCUT2D eigenvalue weighted by Gasteiger charge is -2.30. The van der Waals surface area contributed by atoms with Crippen molar-refractivity contribution in [2.24, 2.45) is 5.92 Å². The number of fused-ring (bicyclic) bond motifs is 2. The third kappa shape index (κ3) is 3.67. The molecule has 0 fully saturated rings. The van der Waals surface area contributed by atoms with Gasteiger partial charge in [-0.1, -0.05) is 24.3 Å². The number of nitrogens with zero attached hydrogens (tertiary/aromatic N) is 2. The first-order chi connectivity index (χ1) is 14.3. The Balaban J connectivity index is 1.31. The molecule has 29 heavy (non-hydrogen) atoms. The Labute approximate surface area is 168 Å². The molecule has 2 N–H and O–H groups in total. The fraction of sp³-hybridized carbons (Fsp3) is 0.217. The number of H-pyrrole nitrogens is 1. The number of aliphatic hydroxyl groups is 1. The predicted molar refractivity (Wildman–Crippen MR) is 109 cm³/mol. The number of benzene rings is 2. The van der Waals surface area contributed by atoms with Gasteiger partial charge in [-0.25, -0.2) is 9.97 Å². The molecule has 6 heteroatoms. The average Bonchev–Trinajstić information content (AvgIpc) is 3.27. The average molecular weight is 387 g/mol. The van der Waals surface area contributed by atoms with Crippen LogP contribution in [0.3, 0.4) is 0 Å². The first kappa shape index (κ1) is 17.7. The zero-order valence-corrected chi connectivity index (χ0v) is 15.8. The second-order valence-corrected chi connectivity index (χ2v) is 7.24. The molecule has 2 atom stereocenters.